The van der Waals surface area contributed by atoms with Gasteiger partial charge in [0.25, 0.3) is 5.91 Å². The second-order valence-corrected chi connectivity index (χ2v) is 5.41. The molecule has 8 heteroatoms. The predicted octanol–water partition coefficient (Wildman–Crippen LogP) is 0.332. The van der Waals surface area contributed by atoms with Gasteiger partial charge in [-0.1, -0.05) is 11.6 Å². The monoisotopic (exact) mass is 311 g/mol. The Balaban J connectivity index is 1.76. The van der Waals surface area contributed by atoms with Crippen LogP contribution in [0.25, 0.3) is 0 Å². The van der Waals surface area contributed by atoms with Gasteiger partial charge >= 0.3 is 0 Å². The highest BCUT2D eigenvalue weighted by molar-refractivity contribution is 6.34. The van der Waals surface area contributed by atoms with Crippen LogP contribution in [0.1, 0.15) is 6.42 Å². The molecule has 1 aromatic rings. The Bertz CT molecular complexity index is 607. The molecule has 1 aromatic carbocycles. The molecule has 1 saturated heterocycles. The summed E-state index contributed by atoms with van der Waals surface area (Å²) in [5.41, 5.74) is 0.878. The maximum Gasteiger partial charge on any atom is 0.262 e. The van der Waals surface area contributed by atoms with Crippen LogP contribution in [0, 0.1) is 0 Å². The molecular formula is C13H14ClN3O4. The Labute approximate surface area is 125 Å². The number of anilines is 2. The molecule has 2 unspecified atom stereocenters. The first-order valence-electron chi connectivity index (χ1n) is 6.51. The van der Waals surface area contributed by atoms with E-state index in [1.54, 1.807) is 6.07 Å². The molecule has 2 atom stereocenters. The molecule has 2 aliphatic rings. The van der Waals surface area contributed by atoms with Gasteiger partial charge in [-0.25, -0.2) is 0 Å². The lowest BCUT2D eigenvalue weighted by atomic mass is 10.2. The van der Waals surface area contributed by atoms with Crippen molar-refractivity contribution in [3.8, 4) is 5.75 Å². The van der Waals surface area contributed by atoms with Crippen molar-refractivity contribution in [3.63, 3.8) is 0 Å². The van der Waals surface area contributed by atoms with Crippen LogP contribution in [-0.2, 0) is 9.59 Å². The van der Waals surface area contributed by atoms with E-state index in [4.69, 9.17) is 16.3 Å². The quantitative estimate of drug-likeness (QED) is 0.631. The van der Waals surface area contributed by atoms with Crippen molar-refractivity contribution in [2.24, 2.45) is 0 Å². The predicted molar refractivity (Wildman–Crippen MR) is 76.6 cm³/mol. The van der Waals surface area contributed by atoms with Gasteiger partial charge in [-0.05, 0) is 12.5 Å². The van der Waals surface area contributed by atoms with Crippen LogP contribution in [-0.4, -0.2) is 42.2 Å². The number of amides is 2. The summed E-state index contributed by atoms with van der Waals surface area (Å²) in [6.07, 6.45) is -0.153. The minimum absolute atomic E-state index is 0.0710. The van der Waals surface area contributed by atoms with Gasteiger partial charge in [-0.3, -0.25) is 9.59 Å². The van der Waals surface area contributed by atoms with Crippen LogP contribution in [0.15, 0.2) is 12.1 Å². The van der Waals surface area contributed by atoms with E-state index in [2.05, 4.69) is 16.0 Å². The summed E-state index contributed by atoms with van der Waals surface area (Å²) in [6, 6.07) is 2.65. The standard InChI is InChI=1S/C13H14ClN3O4/c14-7-2-9-11(21-5-12(19)16-9)3-8(7)17-13(20)10-1-6(18)4-15-10/h2-3,6,10,15,18H,1,4-5H2,(H,16,19)(H,17,20). The fourth-order valence-electron chi connectivity index (χ4n) is 2.33. The number of fused-ring (bicyclic) bond motifs is 1. The number of carbonyl (C=O) groups is 2. The van der Waals surface area contributed by atoms with Crippen LogP contribution in [0.5, 0.6) is 5.75 Å². The summed E-state index contributed by atoms with van der Waals surface area (Å²) in [5, 5.41) is 18.0. The van der Waals surface area contributed by atoms with Gasteiger partial charge in [0.05, 0.1) is 28.5 Å². The van der Waals surface area contributed by atoms with Gasteiger partial charge in [0.15, 0.2) is 6.61 Å². The number of nitrogens with one attached hydrogen (secondary N) is 3. The lowest BCUT2D eigenvalue weighted by Gasteiger charge is -2.20. The minimum atomic E-state index is -0.515. The fourth-order valence-corrected chi connectivity index (χ4v) is 2.54. The third-order valence-corrected chi connectivity index (χ3v) is 3.70. The van der Waals surface area contributed by atoms with Crippen molar-refractivity contribution in [3.05, 3.63) is 17.2 Å². The molecule has 21 heavy (non-hydrogen) atoms. The number of halogens is 1. The summed E-state index contributed by atoms with van der Waals surface area (Å²) in [4.78, 5) is 23.3. The Morgan fingerprint density at radius 3 is 3.00 bits per heavy atom. The van der Waals surface area contributed by atoms with E-state index < -0.39 is 12.1 Å². The molecule has 4 N–H and O–H groups in total. The molecule has 2 aliphatic heterocycles. The van der Waals surface area contributed by atoms with Crippen LogP contribution in [0.2, 0.25) is 5.02 Å². The normalized spacial score (nSPS) is 24.0. The summed E-state index contributed by atoms with van der Waals surface area (Å²) in [5.74, 6) is -0.0681. The molecule has 0 spiro atoms. The highest BCUT2D eigenvalue weighted by Gasteiger charge is 2.28. The Kier molecular flexibility index (Phi) is 3.71. The average Bonchev–Trinajstić information content (AvgIpc) is 2.86. The third-order valence-electron chi connectivity index (χ3n) is 3.38. The number of β-amino-alcohol motifs (C(OH)–C–C–N with tert-alkyl or cyclic N) is 1. The van der Waals surface area contributed by atoms with Gasteiger partial charge in [-0.2, -0.15) is 0 Å². The zero-order valence-corrected chi connectivity index (χ0v) is 11.7. The molecule has 2 amide bonds. The second-order valence-electron chi connectivity index (χ2n) is 5.00. The first-order valence-corrected chi connectivity index (χ1v) is 6.89. The van der Waals surface area contributed by atoms with Gasteiger partial charge in [0, 0.05) is 12.6 Å². The molecule has 0 radical (unpaired) electrons. The van der Waals surface area contributed by atoms with Gasteiger partial charge in [0.1, 0.15) is 5.75 Å². The van der Waals surface area contributed by atoms with Crippen LogP contribution >= 0.6 is 11.6 Å². The lowest BCUT2D eigenvalue weighted by Crippen LogP contribution is -2.35. The van der Waals surface area contributed by atoms with Crippen LogP contribution < -0.4 is 20.7 Å². The van der Waals surface area contributed by atoms with Crippen molar-refractivity contribution in [2.45, 2.75) is 18.6 Å². The van der Waals surface area contributed by atoms with Crippen LogP contribution in [0.3, 0.4) is 0 Å². The molecule has 0 saturated carbocycles. The van der Waals surface area contributed by atoms with Gasteiger partial charge in [-0.15, -0.1) is 0 Å². The molecule has 7 nitrogen and oxygen atoms in total. The zero-order valence-electron chi connectivity index (χ0n) is 11.0. The smallest absolute Gasteiger partial charge is 0.262 e. The zero-order chi connectivity index (χ0) is 15.0. The maximum atomic E-state index is 12.1. The van der Waals surface area contributed by atoms with Crippen molar-refractivity contribution < 1.29 is 19.4 Å². The first kappa shape index (κ1) is 14.1. The maximum absolute atomic E-state index is 12.1. The number of carbonyl (C=O) groups excluding carboxylic acids is 2. The van der Waals surface area contributed by atoms with Gasteiger partial charge in [0.2, 0.25) is 5.91 Å². The molecule has 2 heterocycles. The van der Waals surface area contributed by atoms with E-state index in [0.29, 0.717) is 35.1 Å². The molecule has 0 bridgehead atoms. The van der Waals surface area contributed by atoms with Gasteiger partial charge < -0.3 is 25.8 Å². The van der Waals surface area contributed by atoms with E-state index in [1.165, 1.54) is 6.07 Å². The number of aliphatic hydroxyl groups is 1. The molecule has 0 aromatic heterocycles. The molecule has 0 aliphatic carbocycles. The molecule has 112 valence electrons. The molecule has 3 rings (SSSR count). The third kappa shape index (κ3) is 2.94. The Morgan fingerprint density at radius 2 is 2.29 bits per heavy atom. The number of hydrogen-bond donors (Lipinski definition) is 4. The number of hydrogen-bond acceptors (Lipinski definition) is 5. The topological polar surface area (TPSA) is 99.7 Å². The fraction of sp³-hybridized carbons (Fsp3) is 0.385. The van der Waals surface area contributed by atoms with Crippen molar-refractivity contribution >= 4 is 34.8 Å². The molecular weight excluding hydrogens is 298 g/mol. The SMILES string of the molecule is O=C1COc2cc(NC(=O)C3CC(O)CN3)c(Cl)cc2N1. The van der Waals surface area contributed by atoms with E-state index in [1.807, 2.05) is 0 Å². The lowest BCUT2D eigenvalue weighted by molar-refractivity contribution is -0.119. The minimum Gasteiger partial charge on any atom is -0.482 e. The van der Waals surface area contributed by atoms with E-state index in [9.17, 15) is 14.7 Å². The number of rotatable bonds is 2. The van der Waals surface area contributed by atoms with E-state index in [-0.39, 0.29) is 18.4 Å². The van der Waals surface area contributed by atoms with Crippen molar-refractivity contribution in [1.29, 1.82) is 0 Å². The summed E-state index contributed by atoms with van der Waals surface area (Å²) in [7, 11) is 0. The largest absolute Gasteiger partial charge is 0.482 e. The summed E-state index contributed by atoms with van der Waals surface area (Å²) < 4.78 is 5.28. The van der Waals surface area contributed by atoms with Crippen molar-refractivity contribution in [1.82, 2.24) is 5.32 Å². The van der Waals surface area contributed by atoms with E-state index in [0.717, 1.165) is 0 Å². The van der Waals surface area contributed by atoms with E-state index >= 15 is 0 Å². The number of aliphatic hydroxyl groups excluding tert-OH is 1. The second kappa shape index (κ2) is 5.51. The summed E-state index contributed by atoms with van der Waals surface area (Å²) in [6.45, 7) is 0.323. The molecule has 1 fully saturated rings. The first-order chi connectivity index (χ1) is 10.0. The Hall–Kier alpha value is -1.83. The average molecular weight is 312 g/mol. The number of ether oxygens (including phenoxy) is 1. The van der Waals surface area contributed by atoms with Crippen molar-refractivity contribution in [2.75, 3.05) is 23.8 Å². The highest BCUT2D eigenvalue weighted by atomic mass is 35.5. The number of benzene rings is 1. The Morgan fingerprint density at radius 1 is 1.48 bits per heavy atom. The summed E-state index contributed by atoms with van der Waals surface area (Å²) >= 11 is 6.10. The van der Waals surface area contributed by atoms with Crippen LogP contribution in [0.4, 0.5) is 11.4 Å². The highest BCUT2D eigenvalue weighted by Crippen LogP contribution is 2.36.